The van der Waals surface area contributed by atoms with E-state index in [2.05, 4.69) is 16.1 Å². The van der Waals surface area contributed by atoms with E-state index in [0.29, 0.717) is 5.57 Å². The molecule has 14 heavy (non-hydrogen) atoms. The average molecular weight is 198 g/mol. The van der Waals surface area contributed by atoms with Gasteiger partial charge in [0.1, 0.15) is 0 Å². The highest BCUT2D eigenvalue weighted by Gasteiger charge is 2.10. The van der Waals surface area contributed by atoms with E-state index in [1.54, 1.807) is 6.92 Å². The lowest BCUT2D eigenvalue weighted by molar-refractivity contribution is -0.150. The van der Waals surface area contributed by atoms with Gasteiger partial charge in [-0.3, -0.25) is 0 Å². The van der Waals surface area contributed by atoms with E-state index >= 15 is 0 Å². The molecule has 0 atom stereocenters. The summed E-state index contributed by atoms with van der Waals surface area (Å²) in [5.41, 5.74) is 0.433. The molecule has 0 saturated heterocycles. The molecule has 0 saturated carbocycles. The van der Waals surface area contributed by atoms with Crippen molar-refractivity contribution in [2.45, 2.75) is 6.92 Å². The van der Waals surface area contributed by atoms with Crippen molar-refractivity contribution in [2.75, 3.05) is 7.11 Å². The number of ether oxygens (including phenoxy) is 2. The normalized spacial score (nSPS) is 12.7. The van der Waals surface area contributed by atoms with Gasteiger partial charge in [0.15, 0.2) is 0 Å². The standard InChI is InChI=1S/C5H8O2.C4H2O3/c1-4(2)5(6)7-3;5-3-1-2-4(6)7-3/h1H2,2-3H3;1-2H. The van der Waals surface area contributed by atoms with Crippen molar-refractivity contribution in [2.24, 2.45) is 0 Å². The van der Waals surface area contributed by atoms with Gasteiger partial charge in [-0.15, -0.1) is 0 Å². The summed E-state index contributed by atoms with van der Waals surface area (Å²) >= 11 is 0. The molecule has 0 bridgehead atoms. The third kappa shape index (κ3) is 4.87. The zero-order valence-electron chi connectivity index (χ0n) is 7.90. The Morgan fingerprint density at radius 3 is 1.86 bits per heavy atom. The monoisotopic (exact) mass is 198 g/mol. The minimum absolute atomic E-state index is 0.347. The minimum atomic E-state index is -0.579. The summed E-state index contributed by atoms with van der Waals surface area (Å²) in [7, 11) is 1.33. The lowest BCUT2D eigenvalue weighted by atomic mass is 10.4. The van der Waals surface area contributed by atoms with Gasteiger partial charge in [0.05, 0.1) is 7.11 Å². The molecule has 1 rings (SSSR count). The predicted molar refractivity (Wildman–Crippen MR) is 47.1 cm³/mol. The molecule has 1 aliphatic heterocycles. The first kappa shape index (κ1) is 12.1. The maximum absolute atomic E-state index is 10.2. The molecule has 0 aliphatic carbocycles. The van der Waals surface area contributed by atoms with E-state index in [-0.39, 0.29) is 5.97 Å². The number of methoxy groups -OCH3 is 1. The molecule has 0 N–H and O–H groups in total. The third-order valence-electron chi connectivity index (χ3n) is 1.09. The molecule has 0 aromatic rings. The highest BCUT2D eigenvalue weighted by Crippen LogP contribution is 1.92. The van der Waals surface area contributed by atoms with Crippen LogP contribution in [0, 0.1) is 0 Å². The van der Waals surface area contributed by atoms with Gasteiger partial charge in [0, 0.05) is 17.7 Å². The van der Waals surface area contributed by atoms with E-state index in [9.17, 15) is 14.4 Å². The average Bonchev–Trinajstić information content (AvgIpc) is 2.49. The molecular weight excluding hydrogens is 188 g/mol. The maximum Gasteiger partial charge on any atom is 0.338 e. The lowest BCUT2D eigenvalue weighted by Crippen LogP contribution is -1.98. The summed E-state index contributed by atoms with van der Waals surface area (Å²) < 4.78 is 8.25. The Hall–Kier alpha value is -1.91. The Kier molecular flexibility index (Phi) is 4.91. The maximum atomic E-state index is 10.2. The van der Waals surface area contributed by atoms with Crippen LogP contribution in [0.5, 0.6) is 0 Å². The molecule has 1 heterocycles. The number of esters is 3. The topological polar surface area (TPSA) is 69.7 Å². The van der Waals surface area contributed by atoms with Crippen LogP contribution in [0.4, 0.5) is 0 Å². The summed E-state index contributed by atoms with van der Waals surface area (Å²) in [6.45, 7) is 4.95. The summed E-state index contributed by atoms with van der Waals surface area (Å²) in [5, 5.41) is 0. The van der Waals surface area contributed by atoms with Crippen LogP contribution < -0.4 is 0 Å². The lowest BCUT2D eigenvalue weighted by Gasteiger charge is -1.91. The van der Waals surface area contributed by atoms with E-state index in [1.165, 1.54) is 7.11 Å². The van der Waals surface area contributed by atoms with E-state index in [1.807, 2.05) is 0 Å². The van der Waals surface area contributed by atoms with Gasteiger partial charge in [-0.05, 0) is 6.92 Å². The van der Waals surface area contributed by atoms with Crippen molar-refractivity contribution in [1.82, 2.24) is 0 Å². The second kappa shape index (κ2) is 5.69. The van der Waals surface area contributed by atoms with Gasteiger partial charge in [0.2, 0.25) is 0 Å². The van der Waals surface area contributed by atoms with Crippen LogP contribution in [0.2, 0.25) is 0 Å². The number of hydrogen-bond donors (Lipinski definition) is 0. The van der Waals surface area contributed by atoms with E-state index < -0.39 is 11.9 Å². The second-order valence-electron chi connectivity index (χ2n) is 2.35. The second-order valence-corrected chi connectivity index (χ2v) is 2.35. The van der Waals surface area contributed by atoms with Gasteiger partial charge >= 0.3 is 17.9 Å². The zero-order valence-corrected chi connectivity index (χ0v) is 7.90. The van der Waals surface area contributed by atoms with Gasteiger partial charge in [0.25, 0.3) is 0 Å². The number of rotatable bonds is 1. The Bertz CT molecular complexity index is 284. The van der Waals surface area contributed by atoms with Gasteiger partial charge < -0.3 is 9.47 Å². The van der Waals surface area contributed by atoms with Crippen LogP contribution in [0.15, 0.2) is 24.3 Å². The SMILES string of the molecule is C=C(C)C(=O)OC.O=C1C=CC(=O)O1. The molecule has 0 aromatic heterocycles. The van der Waals surface area contributed by atoms with Crippen molar-refractivity contribution >= 4 is 17.9 Å². The Morgan fingerprint density at radius 1 is 1.36 bits per heavy atom. The molecule has 5 nitrogen and oxygen atoms in total. The van der Waals surface area contributed by atoms with Gasteiger partial charge in [-0.2, -0.15) is 0 Å². The van der Waals surface area contributed by atoms with Crippen LogP contribution in [0.1, 0.15) is 6.92 Å². The van der Waals surface area contributed by atoms with Crippen LogP contribution in [0.3, 0.4) is 0 Å². The molecule has 5 heteroatoms. The molecule has 0 radical (unpaired) electrons. The first-order chi connectivity index (χ1) is 6.47. The molecule has 0 amide bonds. The van der Waals surface area contributed by atoms with Crippen LogP contribution in [-0.4, -0.2) is 25.0 Å². The van der Waals surface area contributed by atoms with Crippen LogP contribution >= 0.6 is 0 Å². The molecule has 0 unspecified atom stereocenters. The number of carbonyl (C=O) groups is 3. The first-order valence-corrected chi connectivity index (χ1v) is 3.65. The van der Waals surface area contributed by atoms with E-state index in [0.717, 1.165) is 12.2 Å². The molecule has 0 aromatic carbocycles. The Labute approximate surface area is 81.0 Å². The highest BCUT2D eigenvalue weighted by atomic mass is 16.6. The summed E-state index contributed by atoms with van der Waals surface area (Å²) in [5.74, 6) is -1.50. The summed E-state index contributed by atoms with van der Waals surface area (Å²) in [4.78, 5) is 30.0. The third-order valence-corrected chi connectivity index (χ3v) is 1.09. The number of cyclic esters (lactones) is 2. The van der Waals surface area contributed by atoms with Crippen molar-refractivity contribution in [1.29, 1.82) is 0 Å². The molecular formula is C9H10O5. The fourth-order valence-corrected chi connectivity index (χ4v) is 0.477. The molecule has 0 spiro atoms. The molecule has 1 aliphatic rings. The summed E-state index contributed by atoms with van der Waals surface area (Å²) in [6.07, 6.45) is 2.17. The molecule has 0 fully saturated rings. The van der Waals surface area contributed by atoms with E-state index in [4.69, 9.17) is 0 Å². The fraction of sp³-hybridized carbons (Fsp3) is 0.222. The van der Waals surface area contributed by atoms with Gasteiger partial charge in [-0.1, -0.05) is 6.58 Å². The number of hydrogen-bond acceptors (Lipinski definition) is 5. The molecule has 76 valence electrons. The van der Waals surface area contributed by atoms with Crippen molar-refractivity contribution in [3.63, 3.8) is 0 Å². The van der Waals surface area contributed by atoms with Crippen molar-refractivity contribution < 1.29 is 23.9 Å². The Balaban J connectivity index is 0.000000241. The van der Waals surface area contributed by atoms with Gasteiger partial charge in [-0.25, -0.2) is 14.4 Å². The summed E-state index contributed by atoms with van der Waals surface area (Å²) in [6, 6.07) is 0. The van der Waals surface area contributed by atoms with Crippen molar-refractivity contribution in [3.8, 4) is 0 Å². The number of carbonyl (C=O) groups excluding carboxylic acids is 3. The first-order valence-electron chi connectivity index (χ1n) is 3.65. The van der Waals surface area contributed by atoms with Crippen LogP contribution in [0.25, 0.3) is 0 Å². The highest BCUT2D eigenvalue weighted by molar-refractivity contribution is 6.04. The van der Waals surface area contributed by atoms with Crippen LogP contribution in [-0.2, 0) is 23.9 Å². The quantitative estimate of drug-likeness (QED) is 0.345. The zero-order chi connectivity index (χ0) is 11.1. The van der Waals surface area contributed by atoms with Crippen molar-refractivity contribution in [3.05, 3.63) is 24.3 Å². The predicted octanol–water partition coefficient (Wildman–Crippen LogP) is 0.361. The smallest absolute Gasteiger partial charge is 0.338 e. The Morgan fingerprint density at radius 2 is 1.79 bits per heavy atom. The fourth-order valence-electron chi connectivity index (χ4n) is 0.477. The minimum Gasteiger partial charge on any atom is -0.466 e. The largest absolute Gasteiger partial charge is 0.466 e.